The molecule has 0 unspecified atom stereocenters. The van der Waals surface area contributed by atoms with E-state index in [2.05, 4.69) is 111 Å². The van der Waals surface area contributed by atoms with Crippen LogP contribution in [0.1, 0.15) is 16.7 Å². The van der Waals surface area contributed by atoms with Gasteiger partial charge in [0.1, 0.15) is 0 Å². The number of hydrogen-bond acceptors (Lipinski definition) is 0. The van der Waals surface area contributed by atoms with Crippen molar-refractivity contribution in [1.29, 1.82) is 0 Å². The first-order chi connectivity index (χ1) is 11.1. The molecule has 116 valence electrons. The molecule has 0 N–H and O–H groups in total. The van der Waals surface area contributed by atoms with Crippen LogP contribution in [0.4, 0.5) is 0 Å². The largest absolute Gasteiger partial charge is 0.0682 e. The summed E-state index contributed by atoms with van der Waals surface area (Å²) in [6.45, 7) is 7.42. The van der Waals surface area contributed by atoms with Gasteiger partial charge in [-0.15, -0.1) is 0 Å². The molecule has 0 saturated heterocycles. The van der Waals surface area contributed by atoms with E-state index < -0.39 is 8.07 Å². The molecule has 1 heteroatoms. The maximum absolute atomic E-state index is 2.47. The van der Waals surface area contributed by atoms with E-state index >= 15 is 0 Å². The van der Waals surface area contributed by atoms with Crippen LogP contribution in [-0.2, 0) is 5.04 Å². The maximum Gasteiger partial charge on any atom is 0.0668 e. The number of benzene rings is 3. The van der Waals surface area contributed by atoms with E-state index in [-0.39, 0.29) is 5.04 Å². The zero-order chi connectivity index (χ0) is 16.3. The molecular formula is C22H24Si. The molecule has 0 radical (unpaired) electrons. The number of rotatable bonds is 4. The monoisotopic (exact) mass is 316 g/mol. The van der Waals surface area contributed by atoms with Crippen molar-refractivity contribution in [3.8, 4) is 0 Å². The summed E-state index contributed by atoms with van der Waals surface area (Å²) in [5.41, 5.74) is 4.20. The number of hydrogen-bond donors (Lipinski definition) is 0. The van der Waals surface area contributed by atoms with E-state index in [0.717, 1.165) is 0 Å². The van der Waals surface area contributed by atoms with Gasteiger partial charge in [-0.2, -0.15) is 0 Å². The molecule has 0 bridgehead atoms. The Morgan fingerprint density at radius 3 is 0.957 bits per heavy atom. The summed E-state index contributed by atoms with van der Waals surface area (Å²) in [5.74, 6) is 0. The first-order valence-corrected chi connectivity index (χ1v) is 11.7. The fraction of sp³-hybridized carbons (Fsp3) is 0.182. The lowest BCUT2D eigenvalue weighted by Gasteiger charge is -2.45. The van der Waals surface area contributed by atoms with Crippen molar-refractivity contribution < 1.29 is 0 Å². The smallest absolute Gasteiger partial charge is 0.0668 e. The Bertz CT molecular complexity index is 644. The molecule has 0 aliphatic rings. The van der Waals surface area contributed by atoms with Crippen LogP contribution in [0.25, 0.3) is 0 Å². The average Bonchev–Trinajstić information content (AvgIpc) is 2.57. The molecule has 0 nitrogen and oxygen atoms in total. The van der Waals surface area contributed by atoms with Crippen LogP contribution < -0.4 is 0 Å². The van der Waals surface area contributed by atoms with E-state index in [1.807, 2.05) is 0 Å². The minimum absolute atomic E-state index is 0.0449. The average molecular weight is 317 g/mol. The SMILES string of the molecule is C[Si](C)(C)C(c1ccccc1)(c1ccccc1)c1ccccc1. The predicted octanol–water partition coefficient (Wildman–Crippen LogP) is 5.90. The van der Waals surface area contributed by atoms with Crippen molar-refractivity contribution in [2.45, 2.75) is 24.7 Å². The highest BCUT2D eigenvalue weighted by atomic mass is 28.3. The van der Waals surface area contributed by atoms with Crippen LogP contribution in [0.15, 0.2) is 91.0 Å². The fourth-order valence-electron chi connectivity index (χ4n) is 3.86. The lowest BCUT2D eigenvalue weighted by Crippen LogP contribution is -2.51. The second-order valence-corrected chi connectivity index (χ2v) is 12.3. The zero-order valence-electron chi connectivity index (χ0n) is 14.2. The van der Waals surface area contributed by atoms with Crippen LogP contribution in [-0.4, -0.2) is 8.07 Å². The molecule has 23 heavy (non-hydrogen) atoms. The van der Waals surface area contributed by atoms with Crippen LogP contribution in [0.3, 0.4) is 0 Å². The molecule has 0 atom stereocenters. The molecule has 0 aliphatic heterocycles. The summed E-state index contributed by atoms with van der Waals surface area (Å²) in [4.78, 5) is 0. The quantitative estimate of drug-likeness (QED) is 0.415. The molecule has 3 aromatic carbocycles. The Balaban J connectivity index is 2.41. The summed E-state index contributed by atoms with van der Waals surface area (Å²) in [6, 6.07) is 33.0. The lowest BCUT2D eigenvalue weighted by molar-refractivity contribution is 0.829. The van der Waals surface area contributed by atoms with Crippen LogP contribution in [0.2, 0.25) is 19.6 Å². The molecule has 0 spiro atoms. The molecule has 3 aromatic rings. The van der Waals surface area contributed by atoms with Crippen molar-refractivity contribution in [3.63, 3.8) is 0 Å². The van der Waals surface area contributed by atoms with Gasteiger partial charge < -0.3 is 0 Å². The topological polar surface area (TPSA) is 0 Å². The van der Waals surface area contributed by atoms with Gasteiger partial charge in [-0.3, -0.25) is 0 Å². The van der Waals surface area contributed by atoms with Crippen molar-refractivity contribution in [2.24, 2.45) is 0 Å². The Kier molecular flexibility index (Phi) is 4.23. The predicted molar refractivity (Wildman–Crippen MR) is 103 cm³/mol. The van der Waals surface area contributed by atoms with Gasteiger partial charge in [-0.1, -0.05) is 111 Å². The summed E-state index contributed by atoms with van der Waals surface area (Å²) >= 11 is 0. The first-order valence-electron chi connectivity index (χ1n) is 8.23. The highest BCUT2D eigenvalue weighted by Crippen LogP contribution is 2.46. The molecule has 0 aromatic heterocycles. The third-order valence-electron chi connectivity index (χ3n) is 4.75. The third kappa shape index (κ3) is 2.66. The molecular weight excluding hydrogens is 292 g/mol. The van der Waals surface area contributed by atoms with Crippen molar-refractivity contribution in [2.75, 3.05) is 0 Å². The summed E-state index contributed by atoms with van der Waals surface area (Å²) in [6.07, 6.45) is 0. The molecule has 0 fully saturated rings. The van der Waals surface area contributed by atoms with E-state index in [0.29, 0.717) is 0 Å². The van der Waals surface area contributed by atoms with Crippen LogP contribution in [0.5, 0.6) is 0 Å². The second kappa shape index (κ2) is 6.17. The molecule has 0 amide bonds. The normalized spacial score (nSPS) is 12.1. The van der Waals surface area contributed by atoms with Gasteiger partial charge >= 0.3 is 0 Å². The summed E-state index contributed by atoms with van der Waals surface area (Å²) in [5, 5.41) is -0.0449. The minimum Gasteiger partial charge on any atom is -0.0682 e. The summed E-state index contributed by atoms with van der Waals surface area (Å²) < 4.78 is 0. The van der Waals surface area contributed by atoms with Gasteiger partial charge in [0.05, 0.1) is 8.07 Å². The van der Waals surface area contributed by atoms with Gasteiger partial charge in [0.15, 0.2) is 0 Å². The van der Waals surface area contributed by atoms with Gasteiger partial charge in [0.25, 0.3) is 0 Å². The molecule has 0 aliphatic carbocycles. The summed E-state index contributed by atoms with van der Waals surface area (Å²) in [7, 11) is -1.66. The third-order valence-corrected chi connectivity index (χ3v) is 7.86. The van der Waals surface area contributed by atoms with Crippen molar-refractivity contribution >= 4 is 8.07 Å². The molecule has 0 saturated carbocycles. The highest BCUT2D eigenvalue weighted by Gasteiger charge is 2.47. The Hall–Kier alpha value is -2.12. The van der Waals surface area contributed by atoms with Crippen molar-refractivity contribution in [1.82, 2.24) is 0 Å². The minimum atomic E-state index is -1.66. The molecule has 3 rings (SSSR count). The fourth-order valence-corrected chi connectivity index (χ4v) is 6.96. The first kappa shape index (κ1) is 15.8. The molecule has 0 heterocycles. The van der Waals surface area contributed by atoms with Crippen LogP contribution >= 0.6 is 0 Å². The van der Waals surface area contributed by atoms with Gasteiger partial charge in [-0.25, -0.2) is 0 Å². The van der Waals surface area contributed by atoms with E-state index in [4.69, 9.17) is 0 Å². The second-order valence-electron chi connectivity index (χ2n) is 7.10. The van der Waals surface area contributed by atoms with Gasteiger partial charge in [0, 0.05) is 5.04 Å². The standard InChI is InChI=1S/C22H24Si/c1-23(2,3)22(19-13-7-4-8-14-19,20-15-9-5-10-16-20)21-17-11-6-12-18-21/h4-18H,1-3H3. The zero-order valence-corrected chi connectivity index (χ0v) is 15.2. The van der Waals surface area contributed by atoms with Crippen LogP contribution in [0, 0.1) is 0 Å². The maximum atomic E-state index is 2.47. The van der Waals surface area contributed by atoms with E-state index in [1.165, 1.54) is 16.7 Å². The Labute approximate surface area is 140 Å². The Morgan fingerprint density at radius 1 is 0.478 bits per heavy atom. The van der Waals surface area contributed by atoms with Gasteiger partial charge in [0.2, 0.25) is 0 Å². The van der Waals surface area contributed by atoms with E-state index in [9.17, 15) is 0 Å². The van der Waals surface area contributed by atoms with Gasteiger partial charge in [-0.05, 0) is 16.7 Å². The van der Waals surface area contributed by atoms with Crippen molar-refractivity contribution in [3.05, 3.63) is 108 Å². The van der Waals surface area contributed by atoms with E-state index in [1.54, 1.807) is 0 Å². The lowest BCUT2D eigenvalue weighted by atomic mass is 9.83. The highest BCUT2D eigenvalue weighted by molar-refractivity contribution is 6.80. The Morgan fingerprint density at radius 2 is 0.739 bits per heavy atom.